The van der Waals surface area contributed by atoms with Crippen molar-refractivity contribution in [1.82, 2.24) is 0 Å². The van der Waals surface area contributed by atoms with Crippen LogP contribution in [0.2, 0.25) is 0 Å². The van der Waals surface area contributed by atoms with Crippen LogP contribution in [0.25, 0.3) is 0 Å². The maximum Gasteiger partial charge on any atom is 2.00 e. The average Bonchev–Trinajstić information content (AvgIpc) is 2.50. The van der Waals surface area contributed by atoms with Crippen LogP contribution in [0.4, 0.5) is 0 Å². The summed E-state index contributed by atoms with van der Waals surface area (Å²) in [5.41, 5.74) is 0.925. The maximum absolute atomic E-state index is 5.15. The molecule has 0 fully saturated rings. The molecule has 0 N–H and O–H groups in total. The van der Waals surface area contributed by atoms with Crippen molar-refractivity contribution in [3.8, 4) is 11.5 Å². The van der Waals surface area contributed by atoms with Gasteiger partial charge in [-0.3, -0.25) is 0 Å². The van der Waals surface area contributed by atoms with Gasteiger partial charge < -0.3 is 26.5 Å². The molecule has 64 valence electrons. The van der Waals surface area contributed by atoms with E-state index >= 15 is 0 Å². The fourth-order valence-corrected chi connectivity index (χ4v) is 1.01. The molecule has 0 saturated carbocycles. The van der Waals surface area contributed by atoms with Gasteiger partial charge in [-0.25, -0.2) is 0 Å². The molecule has 1 aromatic rings. The Hall–Kier alpha value is -0.194. The molecule has 0 radical (unpaired) electrons. The van der Waals surface area contributed by atoms with Gasteiger partial charge in [0.15, 0.2) is 0 Å². The molecule has 0 spiro atoms. The van der Waals surface area contributed by atoms with Crippen molar-refractivity contribution in [2.75, 3.05) is 6.79 Å². The van der Waals surface area contributed by atoms with Gasteiger partial charge in [0.05, 0.1) is 0 Å². The number of hydrogen-bond acceptors (Lipinski definition) is 2. The summed E-state index contributed by atoms with van der Waals surface area (Å²) < 4.78 is 10.3. The first-order valence-electron chi connectivity index (χ1n) is 3.33. The third-order valence-corrected chi connectivity index (χ3v) is 1.58. The molecule has 1 aliphatic rings. The topological polar surface area (TPSA) is 18.5 Å². The molecule has 1 aromatic carbocycles. The van der Waals surface area contributed by atoms with Crippen LogP contribution in [-0.4, -0.2) is 29.8 Å². The zero-order valence-corrected chi connectivity index (χ0v) is 10.0. The molecule has 0 unspecified atom stereocenters. The van der Waals surface area contributed by atoms with Crippen LogP contribution in [0.3, 0.4) is 0 Å². The molecule has 0 saturated heterocycles. The molecule has 2 nitrogen and oxygen atoms in total. The maximum atomic E-state index is 5.15. The van der Waals surface area contributed by atoms with Crippen LogP contribution >= 0.6 is 0 Å². The predicted molar refractivity (Wildman–Crippen MR) is 46.3 cm³/mol. The van der Waals surface area contributed by atoms with E-state index < -0.39 is 0 Å². The van der Waals surface area contributed by atoms with Gasteiger partial charge in [0, 0.05) is 0 Å². The summed E-state index contributed by atoms with van der Waals surface area (Å²) >= 11 is 0. The number of fused-ring (bicyclic) bond motifs is 1. The molecule has 2 rings (SSSR count). The van der Waals surface area contributed by atoms with Gasteiger partial charge in [0.2, 0.25) is 6.79 Å². The largest absolute Gasteiger partial charge is 2.00 e. The second-order valence-electron chi connectivity index (χ2n) is 2.24. The van der Waals surface area contributed by atoms with E-state index in [9.17, 15) is 0 Å². The minimum atomic E-state index is 0. The SMILES string of the molecule is C=[C-]c1ccc2c(c1)OCO2.[Br-].[Mg+2]. The Labute approximate surface area is 104 Å². The first-order chi connectivity index (χ1) is 5.40. The molecule has 0 atom stereocenters. The number of rotatable bonds is 1. The third-order valence-electron chi connectivity index (χ3n) is 1.58. The Balaban J connectivity index is 0.000000720. The van der Waals surface area contributed by atoms with Crippen molar-refractivity contribution in [3.05, 3.63) is 36.4 Å². The van der Waals surface area contributed by atoms with Gasteiger partial charge >= 0.3 is 23.1 Å². The van der Waals surface area contributed by atoms with E-state index in [1.165, 1.54) is 0 Å². The van der Waals surface area contributed by atoms with Crippen molar-refractivity contribution < 1.29 is 26.5 Å². The van der Waals surface area contributed by atoms with Gasteiger partial charge in [0.25, 0.3) is 0 Å². The summed E-state index contributed by atoms with van der Waals surface area (Å²) in [4.78, 5) is 0. The molecule has 13 heavy (non-hydrogen) atoms. The Kier molecular flexibility index (Phi) is 5.44. The number of halogens is 1. The first kappa shape index (κ1) is 12.8. The molecule has 1 aliphatic heterocycles. The standard InChI is InChI=1S/C9H7O2.BrH.Mg/c1-2-7-3-4-8-9(5-7)11-6-10-8;;/h3-5H,1,6H2;1H;/q-1;;+2/p-1. The molecule has 0 bridgehead atoms. The third kappa shape index (κ3) is 2.62. The van der Waals surface area contributed by atoms with Crippen molar-refractivity contribution in [2.24, 2.45) is 0 Å². The van der Waals surface area contributed by atoms with E-state index in [2.05, 4.69) is 12.7 Å². The second kappa shape index (κ2) is 5.52. The number of hydrogen-bond donors (Lipinski definition) is 0. The molecule has 1 heterocycles. The van der Waals surface area contributed by atoms with E-state index in [0.29, 0.717) is 6.79 Å². The quantitative estimate of drug-likeness (QED) is 0.441. The predicted octanol–water partition coefficient (Wildman–Crippen LogP) is -1.62. The van der Waals surface area contributed by atoms with Gasteiger partial charge in [-0.1, -0.05) is 6.07 Å². The minimum absolute atomic E-state index is 0. The van der Waals surface area contributed by atoms with Crippen molar-refractivity contribution in [3.63, 3.8) is 0 Å². The monoisotopic (exact) mass is 250 g/mol. The van der Waals surface area contributed by atoms with Crippen LogP contribution in [0.1, 0.15) is 5.56 Å². The Bertz CT molecular complexity index is 302. The number of benzene rings is 1. The fraction of sp³-hybridized carbons (Fsp3) is 0.111. The minimum Gasteiger partial charge on any atom is -1.00 e. The van der Waals surface area contributed by atoms with Crippen molar-refractivity contribution in [2.45, 2.75) is 0 Å². The average molecular weight is 251 g/mol. The van der Waals surface area contributed by atoms with Crippen LogP contribution in [0, 0.1) is 6.08 Å². The molecular weight excluding hydrogens is 244 g/mol. The molecule has 0 amide bonds. The fourth-order valence-electron chi connectivity index (χ4n) is 1.01. The van der Waals surface area contributed by atoms with Crippen LogP contribution in [0.15, 0.2) is 24.8 Å². The van der Waals surface area contributed by atoms with E-state index in [-0.39, 0.29) is 40.0 Å². The Morgan fingerprint density at radius 3 is 2.62 bits per heavy atom. The summed E-state index contributed by atoms with van der Waals surface area (Å²) in [6.45, 7) is 3.85. The molecule has 0 aromatic heterocycles. The van der Waals surface area contributed by atoms with Crippen molar-refractivity contribution >= 4 is 23.1 Å². The first-order valence-corrected chi connectivity index (χ1v) is 3.33. The van der Waals surface area contributed by atoms with Gasteiger partial charge in [-0.15, -0.1) is 6.07 Å². The zero-order valence-electron chi connectivity index (χ0n) is 7.05. The number of ether oxygens (including phenoxy) is 2. The van der Waals surface area contributed by atoms with E-state index in [4.69, 9.17) is 9.47 Å². The molecule has 0 aliphatic carbocycles. The summed E-state index contributed by atoms with van der Waals surface area (Å²) in [6.07, 6.45) is 2.77. The summed E-state index contributed by atoms with van der Waals surface area (Å²) in [5, 5.41) is 0. The Morgan fingerprint density at radius 1 is 1.23 bits per heavy atom. The van der Waals surface area contributed by atoms with E-state index in [1.54, 1.807) is 0 Å². The summed E-state index contributed by atoms with van der Waals surface area (Å²) in [6, 6.07) is 5.60. The molecular formula is C9H7BrMgO2. The van der Waals surface area contributed by atoms with Gasteiger partial charge in [0.1, 0.15) is 11.5 Å². The summed E-state index contributed by atoms with van der Waals surface area (Å²) in [5.74, 6) is 1.57. The smallest absolute Gasteiger partial charge is 1.00 e. The van der Waals surface area contributed by atoms with E-state index in [1.807, 2.05) is 18.2 Å². The second-order valence-corrected chi connectivity index (χ2v) is 2.24. The Morgan fingerprint density at radius 2 is 1.92 bits per heavy atom. The molecule has 4 heteroatoms. The van der Waals surface area contributed by atoms with Crippen LogP contribution in [-0.2, 0) is 0 Å². The van der Waals surface area contributed by atoms with Gasteiger partial charge in [-0.05, 0) is 0 Å². The van der Waals surface area contributed by atoms with Crippen molar-refractivity contribution in [1.29, 1.82) is 0 Å². The van der Waals surface area contributed by atoms with Crippen LogP contribution in [0.5, 0.6) is 11.5 Å². The normalized spacial score (nSPS) is 11.1. The van der Waals surface area contributed by atoms with Gasteiger partial charge in [-0.2, -0.15) is 24.3 Å². The summed E-state index contributed by atoms with van der Waals surface area (Å²) in [7, 11) is 0. The van der Waals surface area contributed by atoms with E-state index in [0.717, 1.165) is 17.1 Å². The zero-order chi connectivity index (χ0) is 7.68. The van der Waals surface area contributed by atoms with Crippen LogP contribution < -0.4 is 26.5 Å².